The average Bonchev–Trinajstić information content (AvgIpc) is 2.76. The molecule has 6 heteroatoms. The lowest BCUT2D eigenvalue weighted by Crippen LogP contribution is -2.15. The quantitative estimate of drug-likeness (QED) is 0.532. The molecule has 0 spiro atoms. The van der Waals surface area contributed by atoms with Gasteiger partial charge in [0.05, 0.1) is 12.1 Å². The SMILES string of the molecule is COc1cc(CNc2ccc3c(c2)OCCO3)cc(Cl)c1OCc1cccc(C)c1. The predicted octanol–water partition coefficient (Wildman–Crippen LogP) is 5.62. The van der Waals surface area contributed by atoms with Crippen LogP contribution in [-0.2, 0) is 13.2 Å². The number of nitrogens with one attached hydrogen (secondary N) is 1. The predicted molar refractivity (Wildman–Crippen MR) is 118 cm³/mol. The highest BCUT2D eigenvalue weighted by atomic mass is 35.5. The molecule has 0 bridgehead atoms. The summed E-state index contributed by atoms with van der Waals surface area (Å²) >= 11 is 6.52. The molecule has 3 aromatic carbocycles. The molecule has 0 aromatic heterocycles. The molecule has 1 aliphatic heterocycles. The van der Waals surface area contributed by atoms with Crippen molar-refractivity contribution in [3.8, 4) is 23.0 Å². The van der Waals surface area contributed by atoms with Gasteiger partial charge in [0, 0.05) is 18.3 Å². The summed E-state index contributed by atoms with van der Waals surface area (Å²) in [6, 6.07) is 17.8. The van der Waals surface area contributed by atoms with Crippen LogP contribution in [0.3, 0.4) is 0 Å². The molecule has 1 N–H and O–H groups in total. The Morgan fingerprint density at radius 3 is 2.60 bits per heavy atom. The number of methoxy groups -OCH3 is 1. The minimum atomic E-state index is 0.423. The van der Waals surface area contributed by atoms with Crippen LogP contribution < -0.4 is 24.3 Å². The summed E-state index contributed by atoms with van der Waals surface area (Å²) in [5.41, 5.74) is 4.19. The van der Waals surface area contributed by atoms with Crippen LogP contribution in [0.15, 0.2) is 54.6 Å². The Labute approximate surface area is 181 Å². The highest BCUT2D eigenvalue weighted by molar-refractivity contribution is 6.32. The van der Waals surface area contributed by atoms with E-state index >= 15 is 0 Å². The van der Waals surface area contributed by atoms with E-state index in [-0.39, 0.29) is 0 Å². The van der Waals surface area contributed by atoms with Crippen LogP contribution in [0.25, 0.3) is 0 Å². The van der Waals surface area contributed by atoms with Gasteiger partial charge in [-0.25, -0.2) is 0 Å². The molecule has 156 valence electrons. The standard InChI is InChI=1S/C24H24ClNO4/c1-16-4-3-5-17(10-16)15-30-24-20(25)11-18(12-23(24)27-2)14-26-19-6-7-21-22(13-19)29-9-8-28-21/h3-7,10-13,26H,8-9,14-15H2,1-2H3. The Hall–Kier alpha value is -3.05. The summed E-state index contributed by atoms with van der Waals surface area (Å²) in [5, 5.41) is 3.90. The molecular weight excluding hydrogens is 402 g/mol. The highest BCUT2D eigenvalue weighted by Crippen LogP contribution is 2.37. The Kier molecular flexibility index (Phi) is 6.19. The zero-order chi connectivity index (χ0) is 20.9. The second-order valence-corrected chi connectivity index (χ2v) is 7.51. The zero-order valence-electron chi connectivity index (χ0n) is 17.0. The average molecular weight is 426 g/mol. The molecule has 5 nitrogen and oxygen atoms in total. The van der Waals surface area contributed by atoms with Gasteiger partial charge in [0.1, 0.15) is 19.8 Å². The first-order valence-electron chi connectivity index (χ1n) is 9.80. The lowest BCUT2D eigenvalue weighted by molar-refractivity contribution is 0.171. The first-order chi connectivity index (χ1) is 14.6. The minimum absolute atomic E-state index is 0.423. The summed E-state index contributed by atoms with van der Waals surface area (Å²) < 4.78 is 22.7. The topological polar surface area (TPSA) is 49.0 Å². The van der Waals surface area contributed by atoms with Gasteiger partial charge < -0.3 is 24.3 Å². The summed E-state index contributed by atoms with van der Waals surface area (Å²) in [6.45, 7) is 4.20. The summed E-state index contributed by atoms with van der Waals surface area (Å²) in [7, 11) is 1.61. The zero-order valence-corrected chi connectivity index (χ0v) is 17.8. The maximum Gasteiger partial charge on any atom is 0.180 e. The molecule has 1 heterocycles. The van der Waals surface area contributed by atoms with Crippen molar-refractivity contribution < 1.29 is 18.9 Å². The molecule has 30 heavy (non-hydrogen) atoms. The fraction of sp³-hybridized carbons (Fsp3) is 0.250. The summed E-state index contributed by atoms with van der Waals surface area (Å²) in [6.07, 6.45) is 0. The van der Waals surface area contributed by atoms with Gasteiger partial charge in [-0.15, -0.1) is 0 Å². The van der Waals surface area contributed by atoms with Gasteiger partial charge in [-0.2, -0.15) is 0 Å². The lowest BCUT2D eigenvalue weighted by atomic mass is 10.1. The number of hydrogen-bond donors (Lipinski definition) is 1. The van der Waals surface area contributed by atoms with Gasteiger partial charge in [0.15, 0.2) is 23.0 Å². The second kappa shape index (κ2) is 9.18. The number of fused-ring (bicyclic) bond motifs is 1. The van der Waals surface area contributed by atoms with E-state index in [9.17, 15) is 0 Å². The smallest absolute Gasteiger partial charge is 0.180 e. The fourth-order valence-electron chi connectivity index (χ4n) is 3.33. The Bertz CT molecular complexity index is 1040. The van der Waals surface area contributed by atoms with E-state index in [1.807, 2.05) is 42.5 Å². The third kappa shape index (κ3) is 4.74. The number of aryl methyl sites for hydroxylation is 1. The van der Waals surface area contributed by atoms with Crippen molar-refractivity contribution in [1.82, 2.24) is 0 Å². The van der Waals surface area contributed by atoms with E-state index < -0.39 is 0 Å². The third-order valence-electron chi connectivity index (χ3n) is 4.79. The monoisotopic (exact) mass is 425 g/mol. The minimum Gasteiger partial charge on any atom is -0.493 e. The van der Waals surface area contributed by atoms with Crippen molar-refractivity contribution >= 4 is 17.3 Å². The van der Waals surface area contributed by atoms with Crippen LogP contribution in [0.2, 0.25) is 5.02 Å². The molecule has 0 saturated heterocycles. The number of benzene rings is 3. The van der Waals surface area contributed by atoms with Gasteiger partial charge in [-0.3, -0.25) is 0 Å². The normalized spacial score (nSPS) is 12.4. The van der Waals surface area contributed by atoms with Gasteiger partial charge >= 0.3 is 0 Å². The fourth-order valence-corrected chi connectivity index (χ4v) is 3.62. The first-order valence-corrected chi connectivity index (χ1v) is 10.2. The molecular formula is C24H24ClNO4. The molecule has 0 amide bonds. The largest absolute Gasteiger partial charge is 0.493 e. The van der Waals surface area contributed by atoms with E-state index in [0.29, 0.717) is 42.9 Å². The van der Waals surface area contributed by atoms with Gasteiger partial charge in [-0.05, 0) is 42.3 Å². The van der Waals surface area contributed by atoms with Gasteiger partial charge in [0.2, 0.25) is 0 Å². The molecule has 1 aliphatic rings. The van der Waals surface area contributed by atoms with Crippen molar-refractivity contribution in [1.29, 1.82) is 0 Å². The van der Waals surface area contributed by atoms with Crippen LogP contribution in [0.5, 0.6) is 23.0 Å². The summed E-state index contributed by atoms with van der Waals surface area (Å²) in [5.74, 6) is 2.67. The van der Waals surface area contributed by atoms with E-state index in [4.69, 9.17) is 30.5 Å². The number of hydrogen-bond acceptors (Lipinski definition) is 5. The molecule has 0 fully saturated rings. The molecule has 0 aliphatic carbocycles. The molecule has 4 rings (SSSR count). The Morgan fingerprint density at radius 2 is 1.80 bits per heavy atom. The lowest BCUT2D eigenvalue weighted by Gasteiger charge is -2.19. The maximum atomic E-state index is 6.52. The van der Waals surface area contributed by atoms with Crippen LogP contribution in [0.1, 0.15) is 16.7 Å². The molecule has 3 aromatic rings. The number of halogens is 1. The van der Waals surface area contributed by atoms with E-state index in [0.717, 1.165) is 28.3 Å². The number of ether oxygens (including phenoxy) is 4. The Morgan fingerprint density at radius 1 is 0.967 bits per heavy atom. The van der Waals surface area contributed by atoms with E-state index in [1.54, 1.807) is 7.11 Å². The van der Waals surface area contributed by atoms with E-state index in [1.165, 1.54) is 5.56 Å². The van der Waals surface area contributed by atoms with Crippen molar-refractivity contribution in [2.45, 2.75) is 20.1 Å². The molecule has 0 atom stereocenters. The van der Waals surface area contributed by atoms with Crippen LogP contribution in [0, 0.1) is 6.92 Å². The number of rotatable bonds is 7. The van der Waals surface area contributed by atoms with Crippen molar-refractivity contribution in [2.24, 2.45) is 0 Å². The van der Waals surface area contributed by atoms with E-state index in [2.05, 4.69) is 24.4 Å². The number of anilines is 1. The van der Waals surface area contributed by atoms with Gasteiger partial charge in [-0.1, -0.05) is 41.4 Å². The van der Waals surface area contributed by atoms with Crippen molar-refractivity contribution in [2.75, 3.05) is 25.6 Å². The summed E-state index contributed by atoms with van der Waals surface area (Å²) in [4.78, 5) is 0. The first kappa shape index (κ1) is 20.2. The third-order valence-corrected chi connectivity index (χ3v) is 5.07. The molecule has 0 saturated carbocycles. The van der Waals surface area contributed by atoms with Crippen LogP contribution in [0.4, 0.5) is 5.69 Å². The Balaban J connectivity index is 1.45. The molecule has 0 radical (unpaired) electrons. The highest BCUT2D eigenvalue weighted by Gasteiger charge is 2.14. The maximum absolute atomic E-state index is 6.52. The second-order valence-electron chi connectivity index (χ2n) is 7.10. The van der Waals surface area contributed by atoms with Crippen LogP contribution >= 0.6 is 11.6 Å². The van der Waals surface area contributed by atoms with Crippen molar-refractivity contribution in [3.63, 3.8) is 0 Å². The van der Waals surface area contributed by atoms with Crippen molar-refractivity contribution in [3.05, 3.63) is 76.3 Å². The molecule has 0 unspecified atom stereocenters. The van der Waals surface area contributed by atoms with Gasteiger partial charge in [0.25, 0.3) is 0 Å². The van der Waals surface area contributed by atoms with Crippen LogP contribution in [-0.4, -0.2) is 20.3 Å².